The Morgan fingerprint density at radius 2 is 1.84 bits per heavy atom. The molecule has 2 aromatic rings. The minimum atomic E-state index is -0.577. The van der Waals surface area contributed by atoms with Crippen molar-refractivity contribution in [3.63, 3.8) is 0 Å². The van der Waals surface area contributed by atoms with Crippen molar-refractivity contribution in [2.45, 2.75) is 46.2 Å². The minimum Gasteiger partial charge on any atom is -0.368 e. The van der Waals surface area contributed by atoms with E-state index < -0.39 is 11.9 Å². The second-order valence-electron chi connectivity index (χ2n) is 8.27. The van der Waals surface area contributed by atoms with Crippen molar-refractivity contribution < 1.29 is 14.4 Å². The molecule has 3 amide bonds. The molecule has 9 nitrogen and oxygen atoms in total. The number of hydrogen-bond donors (Lipinski definition) is 3. The van der Waals surface area contributed by atoms with E-state index in [-0.39, 0.29) is 30.2 Å². The monoisotopic (exact) mass is 426 g/mol. The summed E-state index contributed by atoms with van der Waals surface area (Å²) in [6, 6.07) is 6.91. The van der Waals surface area contributed by atoms with Crippen LogP contribution in [0.2, 0.25) is 0 Å². The standard InChI is InChI=1S/C22H30N6O3/c1-13(2)19(20(23)30)27-21-16-6-4-5-7-17(16)25-18(26-21)12-24-22(31)15-8-10-28(11-9-15)14(3)29/h4-7,13,15,19H,8-12H2,1-3H3,(H2,23,30)(H,24,31)(H,25,26,27)/t19-/m0/s1. The van der Waals surface area contributed by atoms with Gasteiger partial charge in [0.15, 0.2) is 5.82 Å². The van der Waals surface area contributed by atoms with Gasteiger partial charge < -0.3 is 21.3 Å². The van der Waals surface area contributed by atoms with Gasteiger partial charge >= 0.3 is 0 Å². The van der Waals surface area contributed by atoms with Crippen LogP contribution in [0.15, 0.2) is 24.3 Å². The third kappa shape index (κ3) is 5.48. The average Bonchev–Trinajstić information content (AvgIpc) is 2.75. The Morgan fingerprint density at radius 1 is 1.16 bits per heavy atom. The number of nitrogens with two attached hydrogens (primary N) is 1. The molecular weight excluding hydrogens is 396 g/mol. The zero-order chi connectivity index (χ0) is 22.5. The van der Waals surface area contributed by atoms with Crippen LogP contribution in [-0.2, 0) is 20.9 Å². The molecule has 0 radical (unpaired) electrons. The van der Waals surface area contributed by atoms with Gasteiger partial charge in [0, 0.05) is 31.3 Å². The Kier molecular flexibility index (Phi) is 7.04. The fourth-order valence-corrected chi connectivity index (χ4v) is 3.79. The highest BCUT2D eigenvalue weighted by Crippen LogP contribution is 2.22. The van der Waals surface area contributed by atoms with Gasteiger partial charge in [-0.2, -0.15) is 0 Å². The number of para-hydroxylation sites is 1. The van der Waals surface area contributed by atoms with Crippen molar-refractivity contribution in [2.24, 2.45) is 17.6 Å². The summed E-state index contributed by atoms with van der Waals surface area (Å²) >= 11 is 0. The lowest BCUT2D eigenvalue weighted by Crippen LogP contribution is -2.42. The molecule has 31 heavy (non-hydrogen) atoms. The Balaban J connectivity index is 1.73. The second-order valence-corrected chi connectivity index (χ2v) is 8.27. The topological polar surface area (TPSA) is 130 Å². The summed E-state index contributed by atoms with van der Waals surface area (Å²) in [6.07, 6.45) is 1.29. The molecule has 1 aromatic carbocycles. The molecule has 9 heteroatoms. The smallest absolute Gasteiger partial charge is 0.240 e. The van der Waals surface area contributed by atoms with E-state index in [4.69, 9.17) is 5.73 Å². The quantitative estimate of drug-likeness (QED) is 0.614. The molecule has 166 valence electrons. The number of hydrogen-bond acceptors (Lipinski definition) is 6. The molecule has 1 fully saturated rings. The number of likely N-dealkylation sites (tertiary alicyclic amines) is 1. The Labute approximate surface area is 181 Å². The number of fused-ring (bicyclic) bond motifs is 1. The third-order valence-corrected chi connectivity index (χ3v) is 5.65. The van der Waals surface area contributed by atoms with Crippen LogP contribution in [0.1, 0.15) is 39.4 Å². The number of primary amides is 1. The Bertz CT molecular complexity index is 969. The van der Waals surface area contributed by atoms with Crippen LogP contribution in [-0.4, -0.2) is 51.7 Å². The molecule has 4 N–H and O–H groups in total. The van der Waals surface area contributed by atoms with Gasteiger partial charge in [-0.15, -0.1) is 0 Å². The van der Waals surface area contributed by atoms with Gasteiger partial charge in [-0.1, -0.05) is 26.0 Å². The molecule has 1 aliphatic rings. The highest BCUT2D eigenvalue weighted by molar-refractivity contribution is 5.92. The maximum atomic E-state index is 12.6. The maximum absolute atomic E-state index is 12.6. The summed E-state index contributed by atoms with van der Waals surface area (Å²) in [5.41, 5.74) is 6.26. The summed E-state index contributed by atoms with van der Waals surface area (Å²) in [7, 11) is 0. The zero-order valence-corrected chi connectivity index (χ0v) is 18.2. The number of amides is 3. The van der Waals surface area contributed by atoms with Gasteiger partial charge in [0.25, 0.3) is 0 Å². The minimum absolute atomic E-state index is 0.0183. The Morgan fingerprint density at radius 3 is 2.45 bits per heavy atom. The largest absolute Gasteiger partial charge is 0.368 e. The predicted molar refractivity (Wildman–Crippen MR) is 118 cm³/mol. The number of benzene rings is 1. The van der Waals surface area contributed by atoms with E-state index in [1.807, 2.05) is 38.1 Å². The molecule has 0 aliphatic carbocycles. The molecule has 1 aliphatic heterocycles. The van der Waals surface area contributed by atoms with Crippen molar-refractivity contribution >= 4 is 34.4 Å². The fourth-order valence-electron chi connectivity index (χ4n) is 3.79. The fraction of sp³-hybridized carbons (Fsp3) is 0.500. The molecular formula is C22H30N6O3. The summed E-state index contributed by atoms with van der Waals surface area (Å²) in [5, 5.41) is 6.85. The van der Waals surface area contributed by atoms with Gasteiger partial charge in [0.05, 0.1) is 12.1 Å². The molecule has 1 atom stereocenters. The Hall–Kier alpha value is -3.23. The first-order chi connectivity index (χ1) is 14.8. The number of nitrogens with zero attached hydrogens (tertiary/aromatic N) is 3. The van der Waals surface area contributed by atoms with Gasteiger partial charge in [0.2, 0.25) is 17.7 Å². The number of nitrogens with one attached hydrogen (secondary N) is 2. The lowest BCUT2D eigenvalue weighted by Gasteiger charge is -2.30. The summed E-state index contributed by atoms with van der Waals surface area (Å²) in [6.45, 7) is 6.73. The van der Waals surface area contributed by atoms with Crippen molar-refractivity contribution in [1.82, 2.24) is 20.2 Å². The maximum Gasteiger partial charge on any atom is 0.240 e. The van der Waals surface area contributed by atoms with Crippen LogP contribution in [0.25, 0.3) is 10.9 Å². The molecule has 1 aromatic heterocycles. The lowest BCUT2D eigenvalue weighted by molar-refractivity contribution is -0.134. The van der Waals surface area contributed by atoms with Crippen molar-refractivity contribution in [2.75, 3.05) is 18.4 Å². The number of carbonyl (C=O) groups is 3. The number of anilines is 1. The normalized spacial score (nSPS) is 15.7. The SMILES string of the molecule is CC(=O)N1CCC(C(=O)NCc2nc(N[C@H](C(N)=O)C(C)C)c3ccccc3n2)CC1. The van der Waals surface area contributed by atoms with E-state index in [2.05, 4.69) is 20.6 Å². The van der Waals surface area contributed by atoms with Crippen molar-refractivity contribution in [3.8, 4) is 0 Å². The molecule has 3 rings (SSSR count). The average molecular weight is 427 g/mol. The van der Waals surface area contributed by atoms with Gasteiger partial charge in [-0.3, -0.25) is 14.4 Å². The number of rotatable bonds is 7. The van der Waals surface area contributed by atoms with Crippen LogP contribution in [0.4, 0.5) is 5.82 Å². The summed E-state index contributed by atoms with van der Waals surface area (Å²) in [4.78, 5) is 46.8. The van der Waals surface area contributed by atoms with E-state index in [1.165, 1.54) is 0 Å². The number of carbonyl (C=O) groups excluding carboxylic acids is 3. The third-order valence-electron chi connectivity index (χ3n) is 5.65. The van der Waals surface area contributed by atoms with Crippen LogP contribution in [0, 0.1) is 11.8 Å². The highest BCUT2D eigenvalue weighted by Gasteiger charge is 2.26. The number of aromatic nitrogens is 2. The summed E-state index contributed by atoms with van der Waals surface area (Å²) < 4.78 is 0. The first-order valence-electron chi connectivity index (χ1n) is 10.6. The molecule has 2 heterocycles. The van der Waals surface area contributed by atoms with Crippen LogP contribution < -0.4 is 16.4 Å². The van der Waals surface area contributed by atoms with E-state index in [1.54, 1.807) is 11.8 Å². The highest BCUT2D eigenvalue weighted by atomic mass is 16.2. The molecule has 0 bridgehead atoms. The van der Waals surface area contributed by atoms with E-state index in [0.29, 0.717) is 43.1 Å². The van der Waals surface area contributed by atoms with Crippen LogP contribution in [0.3, 0.4) is 0 Å². The summed E-state index contributed by atoms with van der Waals surface area (Å²) in [5.74, 6) is 0.337. The van der Waals surface area contributed by atoms with Crippen LogP contribution in [0.5, 0.6) is 0 Å². The molecule has 0 saturated carbocycles. The van der Waals surface area contributed by atoms with Crippen LogP contribution >= 0.6 is 0 Å². The van der Waals surface area contributed by atoms with Crippen molar-refractivity contribution in [3.05, 3.63) is 30.1 Å². The molecule has 0 unspecified atom stereocenters. The van der Waals surface area contributed by atoms with Gasteiger partial charge in [0.1, 0.15) is 11.9 Å². The molecule has 1 saturated heterocycles. The predicted octanol–water partition coefficient (Wildman–Crippen LogP) is 1.43. The van der Waals surface area contributed by atoms with Gasteiger partial charge in [-0.25, -0.2) is 9.97 Å². The van der Waals surface area contributed by atoms with Crippen molar-refractivity contribution in [1.29, 1.82) is 0 Å². The lowest BCUT2D eigenvalue weighted by atomic mass is 9.96. The van der Waals surface area contributed by atoms with E-state index >= 15 is 0 Å². The van der Waals surface area contributed by atoms with E-state index in [9.17, 15) is 14.4 Å². The first-order valence-corrected chi connectivity index (χ1v) is 10.6. The first kappa shape index (κ1) is 22.5. The second kappa shape index (κ2) is 9.72. The number of piperidine rings is 1. The zero-order valence-electron chi connectivity index (χ0n) is 18.2. The van der Waals surface area contributed by atoms with E-state index in [0.717, 1.165) is 5.39 Å². The molecule has 0 spiro atoms. The van der Waals surface area contributed by atoms with Gasteiger partial charge in [-0.05, 0) is 30.9 Å².